The number of nitrogens with two attached hydrogens (primary N) is 1. The van der Waals surface area contributed by atoms with Crippen LogP contribution < -0.4 is 5.73 Å². The normalized spacial score (nSPS) is 26.3. The lowest BCUT2D eigenvalue weighted by Gasteiger charge is -2.18. The van der Waals surface area contributed by atoms with Crippen molar-refractivity contribution in [3.63, 3.8) is 0 Å². The summed E-state index contributed by atoms with van der Waals surface area (Å²) in [6.07, 6.45) is -3.27. The number of benzene rings is 1. The number of ether oxygens (including phenoxy) is 1. The molecule has 1 saturated heterocycles. The van der Waals surface area contributed by atoms with Crippen LogP contribution in [0.3, 0.4) is 0 Å². The number of halogens is 3. The minimum atomic E-state index is -4.30. The molecule has 0 aliphatic carbocycles. The van der Waals surface area contributed by atoms with Crippen LogP contribution in [0.25, 0.3) is 0 Å². The molecule has 1 heterocycles. The first-order valence-corrected chi connectivity index (χ1v) is 5.92. The zero-order chi connectivity index (χ0) is 13.3. The highest BCUT2D eigenvalue weighted by Crippen LogP contribution is 2.33. The predicted octanol–water partition coefficient (Wildman–Crippen LogP) is 3.13. The molecule has 0 saturated carbocycles. The number of hydrogen-bond acceptors (Lipinski definition) is 2. The molecule has 18 heavy (non-hydrogen) atoms. The Balaban J connectivity index is 2.10. The SMILES string of the molecule is CC1CC(C(N)c2ccc(C(F)(F)F)cc2)CO1. The molecule has 0 radical (unpaired) electrons. The van der Waals surface area contributed by atoms with Gasteiger partial charge in [-0.1, -0.05) is 12.1 Å². The van der Waals surface area contributed by atoms with Crippen molar-refractivity contribution in [2.24, 2.45) is 11.7 Å². The Morgan fingerprint density at radius 2 is 1.89 bits per heavy atom. The van der Waals surface area contributed by atoms with Crippen molar-refractivity contribution < 1.29 is 17.9 Å². The van der Waals surface area contributed by atoms with E-state index in [1.807, 2.05) is 6.92 Å². The van der Waals surface area contributed by atoms with E-state index >= 15 is 0 Å². The van der Waals surface area contributed by atoms with Crippen molar-refractivity contribution in [2.75, 3.05) is 6.61 Å². The van der Waals surface area contributed by atoms with E-state index in [1.54, 1.807) is 0 Å². The zero-order valence-corrected chi connectivity index (χ0v) is 10.1. The molecule has 1 aromatic rings. The van der Waals surface area contributed by atoms with Crippen LogP contribution in [-0.2, 0) is 10.9 Å². The molecule has 0 aromatic heterocycles. The summed E-state index contributed by atoms with van der Waals surface area (Å²) in [4.78, 5) is 0. The molecule has 1 aliphatic rings. The van der Waals surface area contributed by atoms with E-state index in [0.717, 1.165) is 24.1 Å². The maximum absolute atomic E-state index is 12.4. The molecule has 3 atom stereocenters. The second-order valence-corrected chi connectivity index (χ2v) is 4.79. The van der Waals surface area contributed by atoms with Gasteiger partial charge in [-0.05, 0) is 31.0 Å². The lowest BCUT2D eigenvalue weighted by atomic mass is 9.91. The van der Waals surface area contributed by atoms with Gasteiger partial charge in [0, 0.05) is 12.0 Å². The summed E-state index contributed by atoms with van der Waals surface area (Å²) in [5.74, 6) is 0.178. The van der Waals surface area contributed by atoms with E-state index < -0.39 is 11.7 Å². The Labute approximate surface area is 104 Å². The van der Waals surface area contributed by atoms with Crippen LogP contribution in [0.4, 0.5) is 13.2 Å². The fourth-order valence-corrected chi connectivity index (χ4v) is 2.27. The zero-order valence-electron chi connectivity index (χ0n) is 10.1. The van der Waals surface area contributed by atoms with Crippen molar-refractivity contribution in [2.45, 2.75) is 31.7 Å². The predicted molar refractivity (Wildman–Crippen MR) is 61.9 cm³/mol. The molecule has 0 amide bonds. The largest absolute Gasteiger partial charge is 0.416 e. The van der Waals surface area contributed by atoms with Crippen molar-refractivity contribution in [1.29, 1.82) is 0 Å². The van der Waals surface area contributed by atoms with Gasteiger partial charge in [-0.2, -0.15) is 13.2 Å². The summed E-state index contributed by atoms with van der Waals surface area (Å²) in [6, 6.07) is 4.80. The first-order chi connectivity index (χ1) is 8.38. The molecule has 1 aromatic carbocycles. The minimum Gasteiger partial charge on any atom is -0.378 e. The van der Waals surface area contributed by atoms with Gasteiger partial charge in [0.1, 0.15) is 0 Å². The second-order valence-electron chi connectivity index (χ2n) is 4.79. The Bertz CT molecular complexity index is 402. The van der Waals surface area contributed by atoms with Crippen LogP contribution in [0.15, 0.2) is 24.3 Å². The third-order valence-electron chi connectivity index (χ3n) is 3.36. The third-order valence-corrected chi connectivity index (χ3v) is 3.36. The van der Waals surface area contributed by atoms with E-state index in [2.05, 4.69) is 0 Å². The van der Waals surface area contributed by atoms with Gasteiger partial charge in [0.25, 0.3) is 0 Å². The third kappa shape index (κ3) is 2.84. The molecule has 3 unspecified atom stereocenters. The van der Waals surface area contributed by atoms with Gasteiger partial charge in [-0.3, -0.25) is 0 Å². The van der Waals surface area contributed by atoms with Crippen LogP contribution in [0, 0.1) is 5.92 Å². The molecule has 2 nitrogen and oxygen atoms in total. The van der Waals surface area contributed by atoms with Crippen LogP contribution in [0.5, 0.6) is 0 Å². The highest BCUT2D eigenvalue weighted by Gasteiger charge is 2.31. The quantitative estimate of drug-likeness (QED) is 0.885. The van der Waals surface area contributed by atoms with Gasteiger partial charge in [-0.25, -0.2) is 0 Å². The first-order valence-electron chi connectivity index (χ1n) is 5.92. The number of alkyl halides is 3. The van der Waals surface area contributed by atoms with Gasteiger partial charge in [0.05, 0.1) is 18.3 Å². The molecular weight excluding hydrogens is 243 g/mol. The number of rotatable bonds is 2. The van der Waals surface area contributed by atoms with E-state index in [0.29, 0.717) is 6.61 Å². The highest BCUT2D eigenvalue weighted by atomic mass is 19.4. The van der Waals surface area contributed by atoms with E-state index in [1.165, 1.54) is 12.1 Å². The molecule has 1 fully saturated rings. The number of hydrogen-bond donors (Lipinski definition) is 1. The average molecular weight is 259 g/mol. The smallest absolute Gasteiger partial charge is 0.378 e. The molecule has 0 spiro atoms. The Hall–Kier alpha value is -1.07. The molecule has 1 aliphatic heterocycles. The molecule has 100 valence electrons. The molecule has 2 rings (SSSR count). The topological polar surface area (TPSA) is 35.2 Å². The molecular formula is C13H16F3NO. The Morgan fingerprint density at radius 1 is 1.28 bits per heavy atom. The van der Waals surface area contributed by atoms with Crippen molar-refractivity contribution in [1.82, 2.24) is 0 Å². The summed E-state index contributed by atoms with van der Waals surface area (Å²) in [7, 11) is 0. The fourth-order valence-electron chi connectivity index (χ4n) is 2.27. The van der Waals surface area contributed by atoms with Gasteiger partial charge in [-0.15, -0.1) is 0 Å². The average Bonchev–Trinajstić information content (AvgIpc) is 2.74. The first kappa shape index (κ1) is 13.4. The Kier molecular flexibility index (Phi) is 3.64. The summed E-state index contributed by atoms with van der Waals surface area (Å²) in [5.41, 5.74) is 6.14. The van der Waals surface area contributed by atoms with Gasteiger partial charge in [0.2, 0.25) is 0 Å². The van der Waals surface area contributed by atoms with Gasteiger partial charge in [0.15, 0.2) is 0 Å². The van der Waals surface area contributed by atoms with Crippen LogP contribution >= 0.6 is 0 Å². The summed E-state index contributed by atoms with van der Waals surface area (Å²) in [6.45, 7) is 2.54. The minimum absolute atomic E-state index is 0.176. The van der Waals surface area contributed by atoms with Crippen molar-refractivity contribution >= 4 is 0 Å². The summed E-state index contributed by atoms with van der Waals surface area (Å²) < 4.78 is 42.7. The van der Waals surface area contributed by atoms with Crippen LogP contribution in [0.2, 0.25) is 0 Å². The maximum atomic E-state index is 12.4. The second kappa shape index (κ2) is 4.90. The fraction of sp³-hybridized carbons (Fsp3) is 0.538. The van der Waals surface area contributed by atoms with E-state index in [9.17, 15) is 13.2 Å². The summed E-state index contributed by atoms with van der Waals surface area (Å²) >= 11 is 0. The molecule has 2 N–H and O–H groups in total. The molecule has 5 heteroatoms. The Morgan fingerprint density at radius 3 is 2.33 bits per heavy atom. The standard InChI is InChI=1S/C13H16F3NO/c1-8-6-10(7-18-8)12(17)9-2-4-11(5-3-9)13(14,15)16/h2-5,8,10,12H,6-7,17H2,1H3. The van der Waals surface area contributed by atoms with Crippen molar-refractivity contribution in [3.05, 3.63) is 35.4 Å². The monoisotopic (exact) mass is 259 g/mol. The molecule has 0 bridgehead atoms. The van der Waals surface area contributed by atoms with E-state index in [4.69, 9.17) is 10.5 Å². The van der Waals surface area contributed by atoms with Crippen LogP contribution in [0.1, 0.15) is 30.5 Å². The van der Waals surface area contributed by atoms with Crippen LogP contribution in [-0.4, -0.2) is 12.7 Å². The summed E-state index contributed by atoms with van der Waals surface area (Å²) in [5, 5.41) is 0. The lowest BCUT2D eigenvalue weighted by Crippen LogP contribution is -2.22. The van der Waals surface area contributed by atoms with E-state index in [-0.39, 0.29) is 18.1 Å². The maximum Gasteiger partial charge on any atom is 0.416 e. The van der Waals surface area contributed by atoms with Gasteiger partial charge >= 0.3 is 6.18 Å². The van der Waals surface area contributed by atoms with Crippen molar-refractivity contribution in [3.8, 4) is 0 Å². The van der Waals surface area contributed by atoms with Gasteiger partial charge < -0.3 is 10.5 Å². The lowest BCUT2D eigenvalue weighted by molar-refractivity contribution is -0.137. The highest BCUT2D eigenvalue weighted by molar-refractivity contribution is 5.27.